The summed E-state index contributed by atoms with van der Waals surface area (Å²) in [7, 11) is 1.78. The number of aromatic nitrogens is 3. The summed E-state index contributed by atoms with van der Waals surface area (Å²) in [6.07, 6.45) is 6.52. The summed E-state index contributed by atoms with van der Waals surface area (Å²) in [6, 6.07) is 10.1. The Hall–Kier alpha value is -3.09. The molecule has 0 atom stereocenters. The van der Waals surface area contributed by atoms with Crippen LogP contribution in [0.4, 0.5) is 0 Å². The van der Waals surface area contributed by atoms with Crippen LogP contribution < -0.4 is 10.6 Å². The number of benzene rings is 1. The van der Waals surface area contributed by atoms with Gasteiger partial charge in [0.15, 0.2) is 5.96 Å². The second-order valence-corrected chi connectivity index (χ2v) is 6.47. The van der Waals surface area contributed by atoms with Crippen molar-refractivity contribution in [3.05, 3.63) is 65.3 Å². The highest BCUT2D eigenvalue weighted by molar-refractivity contribution is 5.79. The van der Waals surface area contributed by atoms with Crippen molar-refractivity contribution in [3.8, 4) is 5.69 Å². The van der Waals surface area contributed by atoms with Gasteiger partial charge < -0.3 is 15.2 Å². The fourth-order valence-corrected chi connectivity index (χ4v) is 3.07. The van der Waals surface area contributed by atoms with Crippen molar-refractivity contribution >= 4 is 5.96 Å². The van der Waals surface area contributed by atoms with Gasteiger partial charge in [0.25, 0.3) is 0 Å². The number of aryl methyl sites for hydroxylation is 2. The molecule has 0 amide bonds. The van der Waals surface area contributed by atoms with Gasteiger partial charge >= 0.3 is 0 Å². The van der Waals surface area contributed by atoms with E-state index in [4.69, 9.17) is 4.52 Å². The molecule has 3 rings (SSSR count). The standard InChI is InChI=1S/C21H28N6O/c1-4-19-18(20(5-2)28-26-19)14-24-21(22-3)23-12-11-16-13-25-27(15-16)17-9-7-6-8-10-17/h6-10,13,15H,4-5,11-12,14H2,1-3H3,(H2,22,23,24). The van der Waals surface area contributed by atoms with Crippen molar-refractivity contribution in [2.24, 2.45) is 4.99 Å². The second-order valence-electron chi connectivity index (χ2n) is 6.47. The van der Waals surface area contributed by atoms with Gasteiger partial charge in [-0.3, -0.25) is 4.99 Å². The molecule has 2 heterocycles. The van der Waals surface area contributed by atoms with Crippen LogP contribution in [0, 0.1) is 0 Å². The van der Waals surface area contributed by atoms with E-state index in [0.29, 0.717) is 6.54 Å². The molecule has 0 unspecified atom stereocenters. The van der Waals surface area contributed by atoms with Crippen LogP contribution in [-0.2, 0) is 25.8 Å². The summed E-state index contributed by atoms with van der Waals surface area (Å²) >= 11 is 0. The minimum absolute atomic E-state index is 0.654. The molecule has 0 bridgehead atoms. The van der Waals surface area contributed by atoms with Crippen LogP contribution in [0.2, 0.25) is 0 Å². The van der Waals surface area contributed by atoms with E-state index in [2.05, 4.69) is 45.9 Å². The normalized spacial score (nSPS) is 11.6. The topological polar surface area (TPSA) is 80.3 Å². The van der Waals surface area contributed by atoms with E-state index in [1.54, 1.807) is 7.05 Å². The third-order valence-corrected chi connectivity index (χ3v) is 4.63. The molecule has 2 N–H and O–H groups in total. The average molecular weight is 380 g/mol. The molecule has 0 saturated heterocycles. The van der Waals surface area contributed by atoms with Gasteiger partial charge in [0, 0.05) is 38.3 Å². The number of hydrogen-bond acceptors (Lipinski definition) is 4. The fraction of sp³-hybridized carbons (Fsp3) is 0.381. The Bertz CT molecular complexity index is 875. The molecule has 0 aliphatic carbocycles. The van der Waals surface area contributed by atoms with E-state index >= 15 is 0 Å². The van der Waals surface area contributed by atoms with Crippen LogP contribution >= 0.6 is 0 Å². The summed E-state index contributed by atoms with van der Waals surface area (Å²) in [5.74, 6) is 1.70. The fourth-order valence-electron chi connectivity index (χ4n) is 3.07. The van der Waals surface area contributed by atoms with E-state index in [0.717, 1.165) is 54.5 Å². The maximum atomic E-state index is 5.42. The van der Waals surface area contributed by atoms with Gasteiger partial charge in [0.2, 0.25) is 0 Å². The monoisotopic (exact) mass is 380 g/mol. The molecule has 0 spiro atoms. The van der Waals surface area contributed by atoms with Crippen molar-refractivity contribution < 1.29 is 4.52 Å². The van der Waals surface area contributed by atoms with Gasteiger partial charge in [0.1, 0.15) is 5.76 Å². The Kier molecular flexibility index (Phi) is 6.84. The van der Waals surface area contributed by atoms with Crippen molar-refractivity contribution in [2.45, 2.75) is 39.7 Å². The minimum Gasteiger partial charge on any atom is -0.361 e. The smallest absolute Gasteiger partial charge is 0.191 e. The highest BCUT2D eigenvalue weighted by Crippen LogP contribution is 2.15. The molecular weight excluding hydrogens is 352 g/mol. The summed E-state index contributed by atoms with van der Waals surface area (Å²) in [4.78, 5) is 4.31. The lowest BCUT2D eigenvalue weighted by molar-refractivity contribution is 0.380. The summed E-state index contributed by atoms with van der Waals surface area (Å²) < 4.78 is 7.32. The van der Waals surface area contributed by atoms with Crippen LogP contribution in [-0.4, -0.2) is 34.5 Å². The summed E-state index contributed by atoms with van der Waals surface area (Å²) in [6.45, 7) is 5.59. The Balaban J connectivity index is 1.50. The molecule has 0 aliphatic rings. The van der Waals surface area contributed by atoms with Gasteiger partial charge in [-0.05, 0) is 30.5 Å². The third-order valence-electron chi connectivity index (χ3n) is 4.63. The zero-order valence-electron chi connectivity index (χ0n) is 16.8. The van der Waals surface area contributed by atoms with Gasteiger partial charge in [-0.2, -0.15) is 5.10 Å². The van der Waals surface area contributed by atoms with Crippen LogP contribution in [0.1, 0.15) is 36.4 Å². The van der Waals surface area contributed by atoms with E-state index in [9.17, 15) is 0 Å². The van der Waals surface area contributed by atoms with Crippen LogP contribution in [0.5, 0.6) is 0 Å². The van der Waals surface area contributed by atoms with Crippen molar-refractivity contribution in [2.75, 3.05) is 13.6 Å². The molecule has 0 aliphatic heterocycles. The zero-order chi connectivity index (χ0) is 19.8. The van der Waals surface area contributed by atoms with E-state index < -0.39 is 0 Å². The SMILES string of the molecule is CCc1noc(CC)c1CNC(=NC)NCCc1cnn(-c2ccccc2)c1. The van der Waals surface area contributed by atoms with Crippen molar-refractivity contribution in [1.82, 2.24) is 25.6 Å². The molecule has 7 heteroatoms. The van der Waals surface area contributed by atoms with E-state index in [1.807, 2.05) is 41.2 Å². The predicted molar refractivity (Wildman–Crippen MR) is 111 cm³/mol. The number of aliphatic imine (C=N–C) groups is 1. The lowest BCUT2D eigenvalue weighted by Gasteiger charge is -2.11. The number of nitrogens with one attached hydrogen (secondary N) is 2. The molecule has 0 saturated carbocycles. The molecule has 28 heavy (non-hydrogen) atoms. The molecular formula is C21H28N6O. The second kappa shape index (κ2) is 9.73. The number of guanidine groups is 1. The van der Waals surface area contributed by atoms with Gasteiger partial charge in [0.05, 0.1) is 17.6 Å². The van der Waals surface area contributed by atoms with Gasteiger partial charge in [-0.1, -0.05) is 37.2 Å². The Morgan fingerprint density at radius 2 is 1.96 bits per heavy atom. The minimum atomic E-state index is 0.654. The number of rotatable bonds is 8. The molecule has 0 fully saturated rings. The molecule has 2 aromatic heterocycles. The molecule has 1 aromatic carbocycles. The third kappa shape index (κ3) is 4.79. The highest BCUT2D eigenvalue weighted by atomic mass is 16.5. The van der Waals surface area contributed by atoms with Gasteiger partial charge in [-0.25, -0.2) is 4.68 Å². The largest absolute Gasteiger partial charge is 0.361 e. The lowest BCUT2D eigenvalue weighted by Crippen LogP contribution is -2.38. The maximum Gasteiger partial charge on any atom is 0.191 e. The summed E-state index contributed by atoms with van der Waals surface area (Å²) in [5.41, 5.74) is 4.38. The number of hydrogen-bond donors (Lipinski definition) is 2. The first-order valence-corrected chi connectivity index (χ1v) is 9.74. The Labute approximate surface area is 165 Å². The molecule has 7 nitrogen and oxygen atoms in total. The molecule has 148 valence electrons. The zero-order valence-corrected chi connectivity index (χ0v) is 16.8. The first-order valence-electron chi connectivity index (χ1n) is 9.74. The lowest BCUT2D eigenvalue weighted by atomic mass is 10.1. The first-order chi connectivity index (χ1) is 13.7. The Morgan fingerprint density at radius 1 is 1.14 bits per heavy atom. The Morgan fingerprint density at radius 3 is 2.68 bits per heavy atom. The van der Waals surface area contributed by atoms with E-state index in [1.165, 1.54) is 5.56 Å². The first kappa shape index (κ1) is 19.7. The molecule has 0 radical (unpaired) electrons. The average Bonchev–Trinajstić information content (AvgIpc) is 3.37. The number of nitrogens with zero attached hydrogens (tertiary/aromatic N) is 4. The van der Waals surface area contributed by atoms with Crippen LogP contribution in [0.25, 0.3) is 5.69 Å². The van der Waals surface area contributed by atoms with Crippen molar-refractivity contribution in [3.63, 3.8) is 0 Å². The van der Waals surface area contributed by atoms with E-state index in [-0.39, 0.29) is 0 Å². The summed E-state index contributed by atoms with van der Waals surface area (Å²) in [5, 5.41) is 15.3. The molecule has 3 aromatic rings. The quantitative estimate of drug-likeness (QED) is 0.464. The van der Waals surface area contributed by atoms with Crippen LogP contribution in [0.15, 0.2) is 52.2 Å². The highest BCUT2D eigenvalue weighted by Gasteiger charge is 2.13. The van der Waals surface area contributed by atoms with Crippen LogP contribution in [0.3, 0.4) is 0 Å². The van der Waals surface area contributed by atoms with Gasteiger partial charge in [-0.15, -0.1) is 0 Å². The predicted octanol–water partition coefficient (Wildman–Crippen LogP) is 2.89. The number of para-hydroxylation sites is 1. The maximum absolute atomic E-state index is 5.42. The van der Waals surface area contributed by atoms with Crippen molar-refractivity contribution in [1.29, 1.82) is 0 Å².